The number of ether oxygens (including phenoxy) is 2. The number of carbonyl (C=O) groups excluding carboxylic acids is 1. The van der Waals surface area contributed by atoms with Crippen molar-refractivity contribution in [2.45, 2.75) is 52.0 Å². The summed E-state index contributed by atoms with van der Waals surface area (Å²) in [6.45, 7) is 9.45. The van der Waals surface area contributed by atoms with Crippen molar-refractivity contribution in [2.24, 2.45) is 4.99 Å². The largest absolute Gasteiger partial charge is 0.382 e. The second kappa shape index (κ2) is 13.9. The summed E-state index contributed by atoms with van der Waals surface area (Å²) >= 11 is 0. The fourth-order valence-corrected chi connectivity index (χ4v) is 2.94. The van der Waals surface area contributed by atoms with E-state index in [1.165, 1.54) is 0 Å². The minimum absolute atomic E-state index is 0.306. The molecule has 1 aliphatic heterocycles. The van der Waals surface area contributed by atoms with Gasteiger partial charge in [0.05, 0.1) is 13.2 Å². The summed E-state index contributed by atoms with van der Waals surface area (Å²) in [6.07, 6.45) is 4.55. The molecule has 0 spiro atoms. The lowest BCUT2D eigenvalue weighted by molar-refractivity contribution is -0.129. The molecule has 0 aliphatic carbocycles. The number of amides is 1. The fraction of sp³-hybridized carbons (Fsp3) is 0.889. The molecule has 1 rings (SSSR count). The lowest BCUT2D eigenvalue weighted by atomic mass is 10.1. The first kappa shape index (κ1) is 21.7. The van der Waals surface area contributed by atoms with Gasteiger partial charge in [0.15, 0.2) is 5.96 Å². The number of guanidine groups is 1. The van der Waals surface area contributed by atoms with Gasteiger partial charge in [0.1, 0.15) is 0 Å². The Kier molecular flexibility index (Phi) is 12.1. The molecule has 7 nitrogen and oxygen atoms in total. The van der Waals surface area contributed by atoms with Gasteiger partial charge < -0.3 is 25.0 Å². The van der Waals surface area contributed by atoms with Gasteiger partial charge in [-0.1, -0.05) is 6.92 Å². The standard InChI is InChI=1S/C18H36N4O3/c1-4-16(22-12-6-8-17(22)23)9-11-21-18(19-5-2)20-10-7-13-25-15-14-24-3/h16H,4-15H2,1-3H3,(H2,19,20,21). The van der Waals surface area contributed by atoms with Crippen LogP contribution in [0.15, 0.2) is 4.99 Å². The van der Waals surface area contributed by atoms with Crippen LogP contribution in [0.25, 0.3) is 0 Å². The zero-order valence-electron chi connectivity index (χ0n) is 16.2. The molecule has 1 saturated heterocycles. The minimum atomic E-state index is 0.306. The SMILES string of the molecule is CCNC(=NCCCOCCOC)NCCC(CC)N1CCCC1=O. The highest BCUT2D eigenvalue weighted by Crippen LogP contribution is 2.17. The third-order valence-electron chi connectivity index (χ3n) is 4.28. The minimum Gasteiger partial charge on any atom is -0.382 e. The van der Waals surface area contributed by atoms with Crippen LogP contribution in [0.1, 0.15) is 46.0 Å². The van der Waals surface area contributed by atoms with E-state index in [2.05, 4.69) is 29.5 Å². The monoisotopic (exact) mass is 356 g/mol. The first-order valence-electron chi connectivity index (χ1n) is 9.61. The molecule has 0 saturated carbocycles. The number of likely N-dealkylation sites (tertiary alicyclic amines) is 1. The molecular formula is C18H36N4O3. The molecule has 25 heavy (non-hydrogen) atoms. The van der Waals surface area contributed by atoms with E-state index in [9.17, 15) is 4.79 Å². The Bertz CT molecular complexity index is 391. The number of nitrogens with one attached hydrogen (secondary N) is 2. The molecule has 0 aromatic heterocycles. The Morgan fingerprint density at radius 3 is 2.76 bits per heavy atom. The normalized spacial score (nSPS) is 16.4. The maximum atomic E-state index is 11.9. The van der Waals surface area contributed by atoms with E-state index >= 15 is 0 Å². The lowest BCUT2D eigenvalue weighted by Crippen LogP contribution is -2.42. The van der Waals surface area contributed by atoms with Crippen LogP contribution < -0.4 is 10.6 Å². The van der Waals surface area contributed by atoms with Gasteiger partial charge in [-0.25, -0.2) is 0 Å². The van der Waals surface area contributed by atoms with Crippen molar-refractivity contribution < 1.29 is 14.3 Å². The zero-order valence-corrected chi connectivity index (χ0v) is 16.2. The van der Waals surface area contributed by atoms with Crippen molar-refractivity contribution in [3.63, 3.8) is 0 Å². The molecule has 0 aromatic rings. The van der Waals surface area contributed by atoms with Gasteiger partial charge in [-0.2, -0.15) is 0 Å². The van der Waals surface area contributed by atoms with Gasteiger partial charge in [0, 0.05) is 52.4 Å². The van der Waals surface area contributed by atoms with Crippen LogP contribution in [0.2, 0.25) is 0 Å². The highest BCUT2D eigenvalue weighted by Gasteiger charge is 2.26. The molecule has 7 heteroatoms. The van der Waals surface area contributed by atoms with Crippen LogP contribution in [-0.4, -0.2) is 75.9 Å². The van der Waals surface area contributed by atoms with Crippen molar-refractivity contribution in [1.82, 2.24) is 15.5 Å². The Morgan fingerprint density at radius 1 is 1.28 bits per heavy atom. The highest BCUT2D eigenvalue weighted by molar-refractivity contribution is 5.80. The van der Waals surface area contributed by atoms with Crippen molar-refractivity contribution >= 4 is 11.9 Å². The van der Waals surface area contributed by atoms with Crippen LogP contribution in [0, 0.1) is 0 Å². The van der Waals surface area contributed by atoms with Crippen molar-refractivity contribution in [3.05, 3.63) is 0 Å². The van der Waals surface area contributed by atoms with Crippen molar-refractivity contribution in [2.75, 3.05) is 53.1 Å². The second-order valence-corrected chi connectivity index (χ2v) is 6.19. The number of carbonyl (C=O) groups is 1. The van der Waals surface area contributed by atoms with E-state index < -0.39 is 0 Å². The van der Waals surface area contributed by atoms with Crippen molar-refractivity contribution in [3.8, 4) is 0 Å². The van der Waals surface area contributed by atoms with E-state index in [1.807, 2.05) is 4.90 Å². The van der Waals surface area contributed by atoms with E-state index in [4.69, 9.17) is 9.47 Å². The van der Waals surface area contributed by atoms with E-state index in [-0.39, 0.29) is 0 Å². The summed E-state index contributed by atoms with van der Waals surface area (Å²) in [7, 11) is 1.67. The second-order valence-electron chi connectivity index (χ2n) is 6.19. The van der Waals surface area contributed by atoms with Gasteiger partial charge in [-0.05, 0) is 32.6 Å². The zero-order chi connectivity index (χ0) is 18.3. The molecule has 2 N–H and O–H groups in total. The predicted molar refractivity (Wildman–Crippen MR) is 101 cm³/mol. The van der Waals surface area contributed by atoms with Crippen LogP contribution in [0.4, 0.5) is 0 Å². The van der Waals surface area contributed by atoms with E-state index in [0.717, 1.165) is 57.8 Å². The summed E-state index contributed by atoms with van der Waals surface area (Å²) in [5.74, 6) is 1.14. The van der Waals surface area contributed by atoms with Crippen LogP contribution in [0.3, 0.4) is 0 Å². The van der Waals surface area contributed by atoms with Gasteiger partial charge in [-0.3, -0.25) is 9.79 Å². The molecule has 146 valence electrons. The molecule has 1 amide bonds. The Hall–Kier alpha value is -1.34. The molecule has 0 aromatic carbocycles. The van der Waals surface area contributed by atoms with E-state index in [1.54, 1.807) is 7.11 Å². The molecule has 1 unspecified atom stereocenters. The van der Waals surface area contributed by atoms with Crippen LogP contribution >= 0.6 is 0 Å². The Balaban J connectivity index is 2.26. The number of rotatable bonds is 13. The Morgan fingerprint density at radius 2 is 2.12 bits per heavy atom. The van der Waals surface area contributed by atoms with Gasteiger partial charge in [0.25, 0.3) is 0 Å². The van der Waals surface area contributed by atoms with Crippen molar-refractivity contribution in [1.29, 1.82) is 0 Å². The quantitative estimate of drug-likeness (QED) is 0.296. The van der Waals surface area contributed by atoms with Gasteiger partial charge in [0.2, 0.25) is 5.91 Å². The fourth-order valence-electron chi connectivity index (χ4n) is 2.94. The maximum Gasteiger partial charge on any atom is 0.222 e. The Labute approximate surface area is 152 Å². The van der Waals surface area contributed by atoms with Gasteiger partial charge >= 0.3 is 0 Å². The number of methoxy groups -OCH3 is 1. The molecular weight excluding hydrogens is 320 g/mol. The smallest absolute Gasteiger partial charge is 0.222 e. The molecule has 1 atom stereocenters. The number of hydrogen-bond acceptors (Lipinski definition) is 4. The summed E-state index contributed by atoms with van der Waals surface area (Å²) in [6, 6.07) is 0.333. The summed E-state index contributed by atoms with van der Waals surface area (Å²) in [5.41, 5.74) is 0. The summed E-state index contributed by atoms with van der Waals surface area (Å²) < 4.78 is 10.4. The summed E-state index contributed by atoms with van der Waals surface area (Å²) in [4.78, 5) is 18.5. The number of hydrogen-bond donors (Lipinski definition) is 2. The van der Waals surface area contributed by atoms with Crippen LogP contribution in [0.5, 0.6) is 0 Å². The van der Waals surface area contributed by atoms with Crippen LogP contribution in [-0.2, 0) is 14.3 Å². The molecule has 1 heterocycles. The predicted octanol–water partition coefficient (Wildman–Crippen LogP) is 1.39. The first-order valence-corrected chi connectivity index (χ1v) is 9.61. The highest BCUT2D eigenvalue weighted by atomic mass is 16.5. The third-order valence-corrected chi connectivity index (χ3v) is 4.28. The molecule has 0 bridgehead atoms. The van der Waals surface area contributed by atoms with E-state index in [0.29, 0.717) is 38.2 Å². The average Bonchev–Trinajstić information content (AvgIpc) is 3.03. The first-order chi connectivity index (χ1) is 12.2. The average molecular weight is 357 g/mol. The molecule has 0 radical (unpaired) electrons. The third kappa shape index (κ3) is 9.07. The number of aliphatic imine (C=N–C) groups is 1. The molecule has 1 aliphatic rings. The van der Waals surface area contributed by atoms with Gasteiger partial charge in [-0.15, -0.1) is 0 Å². The lowest BCUT2D eigenvalue weighted by Gasteiger charge is -2.27. The molecule has 1 fully saturated rings. The number of nitrogens with zero attached hydrogens (tertiary/aromatic N) is 2. The topological polar surface area (TPSA) is 75.2 Å². The maximum absolute atomic E-state index is 11.9. The summed E-state index contributed by atoms with van der Waals surface area (Å²) in [5, 5.41) is 6.64.